The summed E-state index contributed by atoms with van der Waals surface area (Å²) in [5.74, 6) is 0. The molecule has 3 fully saturated rings. The zero-order valence-electron chi connectivity index (χ0n) is 9.37. The summed E-state index contributed by atoms with van der Waals surface area (Å²) in [5.41, 5.74) is 6.73. The van der Waals surface area contributed by atoms with Crippen molar-refractivity contribution in [2.45, 2.75) is 56.8 Å². The van der Waals surface area contributed by atoms with Gasteiger partial charge >= 0.3 is 0 Å². The molecule has 1 saturated heterocycles. The average molecular weight is 210 g/mol. The molecule has 0 aromatic carbocycles. The van der Waals surface area contributed by atoms with Crippen LogP contribution in [0.15, 0.2) is 0 Å². The van der Waals surface area contributed by atoms with Crippen LogP contribution in [0.2, 0.25) is 0 Å². The van der Waals surface area contributed by atoms with Crippen LogP contribution in [0.25, 0.3) is 0 Å². The molecular weight excluding hydrogens is 188 g/mol. The zero-order chi connectivity index (χ0) is 10.3. The van der Waals surface area contributed by atoms with Gasteiger partial charge in [0.25, 0.3) is 0 Å². The van der Waals surface area contributed by atoms with E-state index in [-0.39, 0.29) is 0 Å². The van der Waals surface area contributed by atoms with Crippen LogP contribution in [0.3, 0.4) is 0 Å². The standard InChI is InChI=1S/C12H22N2O/c13-11-7-10(15-9-1-2-9)8-12(11)3-5-14-6-4-12/h9-11,14H,1-8,13H2/t10-,11+/m0/s1. The summed E-state index contributed by atoms with van der Waals surface area (Å²) in [6.07, 6.45) is 8.41. The molecule has 15 heavy (non-hydrogen) atoms. The van der Waals surface area contributed by atoms with Crippen molar-refractivity contribution in [2.75, 3.05) is 13.1 Å². The van der Waals surface area contributed by atoms with E-state index in [0.29, 0.717) is 23.7 Å². The summed E-state index contributed by atoms with van der Waals surface area (Å²) in [6.45, 7) is 2.29. The quantitative estimate of drug-likeness (QED) is 0.715. The molecule has 3 aliphatic rings. The number of nitrogens with two attached hydrogens (primary N) is 1. The Balaban J connectivity index is 1.63. The minimum absolute atomic E-state index is 0.378. The van der Waals surface area contributed by atoms with Crippen LogP contribution < -0.4 is 11.1 Å². The van der Waals surface area contributed by atoms with Crippen molar-refractivity contribution >= 4 is 0 Å². The van der Waals surface area contributed by atoms with Crippen molar-refractivity contribution in [3.8, 4) is 0 Å². The molecule has 86 valence electrons. The van der Waals surface area contributed by atoms with Gasteiger partial charge in [0.1, 0.15) is 0 Å². The van der Waals surface area contributed by atoms with Gasteiger partial charge in [0, 0.05) is 6.04 Å². The summed E-state index contributed by atoms with van der Waals surface area (Å²) in [5, 5.41) is 3.43. The molecule has 0 aromatic heterocycles. The maximum Gasteiger partial charge on any atom is 0.0599 e. The number of nitrogens with one attached hydrogen (secondary N) is 1. The summed E-state index contributed by atoms with van der Waals surface area (Å²) in [7, 11) is 0. The van der Waals surface area contributed by atoms with Gasteiger partial charge in [-0.15, -0.1) is 0 Å². The summed E-state index contributed by atoms with van der Waals surface area (Å²) < 4.78 is 6.02. The number of rotatable bonds is 2. The van der Waals surface area contributed by atoms with E-state index in [1.807, 2.05) is 0 Å². The van der Waals surface area contributed by atoms with Crippen molar-refractivity contribution in [3.05, 3.63) is 0 Å². The van der Waals surface area contributed by atoms with Crippen LogP contribution in [0.5, 0.6) is 0 Å². The third-order valence-corrected chi connectivity index (χ3v) is 4.45. The molecule has 0 bridgehead atoms. The molecule has 0 amide bonds. The Bertz CT molecular complexity index is 234. The maximum atomic E-state index is 6.32. The van der Waals surface area contributed by atoms with Crippen LogP contribution in [0.4, 0.5) is 0 Å². The second kappa shape index (κ2) is 3.72. The molecule has 3 nitrogen and oxygen atoms in total. The molecule has 2 aliphatic carbocycles. The van der Waals surface area contributed by atoms with Crippen molar-refractivity contribution in [1.82, 2.24) is 5.32 Å². The van der Waals surface area contributed by atoms with Crippen LogP contribution >= 0.6 is 0 Å². The van der Waals surface area contributed by atoms with E-state index in [0.717, 1.165) is 19.5 Å². The largest absolute Gasteiger partial charge is 0.375 e. The first-order chi connectivity index (χ1) is 7.28. The molecule has 2 atom stereocenters. The van der Waals surface area contributed by atoms with Gasteiger partial charge in [0.15, 0.2) is 0 Å². The minimum atomic E-state index is 0.378. The van der Waals surface area contributed by atoms with Gasteiger partial charge in [-0.3, -0.25) is 0 Å². The fourth-order valence-electron chi connectivity index (χ4n) is 3.30. The van der Waals surface area contributed by atoms with E-state index in [1.165, 1.54) is 32.1 Å². The number of piperidine rings is 1. The topological polar surface area (TPSA) is 47.3 Å². The molecule has 3 N–H and O–H groups in total. The van der Waals surface area contributed by atoms with Gasteiger partial charge in [0.2, 0.25) is 0 Å². The molecule has 0 unspecified atom stereocenters. The molecule has 0 aromatic rings. The highest BCUT2D eigenvalue weighted by Gasteiger charge is 2.47. The molecule has 1 aliphatic heterocycles. The highest BCUT2D eigenvalue weighted by atomic mass is 16.5. The highest BCUT2D eigenvalue weighted by molar-refractivity contribution is 5.01. The third-order valence-electron chi connectivity index (χ3n) is 4.45. The van der Waals surface area contributed by atoms with E-state index >= 15 is 0 Å². The second-order valence-corrected chi connectivity index (χ2v) is 5.62. The van der Waals surface area contributed by atoms with Crippen LogP contribution in [-0.4, -0.2) is 31.3 Å². The number of ether oxygens (including phenoxy) is 1. The molecule has 3 heteroatoms. The lowest BCUT2D eigenvalue weighted by atomic mass is 9.75. The van der Waals surface area contributed by atoms with Crippen molar-refractivity contribution in [3.63, 3.8) is 0 Å². The monoisotopic (exact) mass is 210 g/mol. The lowest BCUT2D eigenvalue weighted by Crippen LogP contribution is -2.45. The Morgan fingerprint density at radius 2 is 1.87 bits per heavy atom. The Morgan fingerprint density at radius 3 is 2.53 bits per heavy atom. The Kier molecular flexibility index (Phi) is 2.49. The molecule has 1 spiro atoms. The van der Waals surface area contributed by atoms with Gasteiger partial charge in [-0.25, -0.2) is 0 Å². The first-order valence-corrected chi connectivity index (χ1v) is 6.40. The third kappa shape index (κ3) is 1.93. The summed E-state index contributed by atoms with van der Waals surface area (Å²) in [6, 6.07) is 0.378. The molecule has 0 radical (unpaired) electrons. The Labute approximate surface area is 91.7 Å². The predicted molar refractivity (Wildman–Crippen MR) is 59.6 cm³/mol. The van der Waals surface area contributed by atoms with Gasteiger partial charge in [-0.05, 0) is 57.0 Å². The minimum Gasteiger partial charge on any atom is -0.375 e. The van der Waals surface area contributed by atoms with Gasteiger partial charge in [-0.2, -0.15) is 0 Å². The van der Waals surface area contributed by atoms with Crippen molar-refractivity contribution in [2.24, 2.45) is 11.1 Å². The van der Waals surface area contributed by atoms with Crippen molar-refractivity contribution < 1.29 is 4.74 Å². The van der Waals surface area contributed by atoms with Gasteiger partial charge < -0.3 is 15.8 Å². The fourth-order valence-corrected chi connectivity index (χ4v) is 3.30. The summed E-state index contributed by atoms with van der Waals surface area (Å²) >= 11 is 0. The van der Waals surface area contributed by atoms with E-state index < -0.39 is 0 Å². The normalized spacial score (nSPS) is 39.8. The molecule has 1 heterocycles. The lowest BCUT2D eigenvalue weighted by molar-refractivity contribution is 0.0327. The predicted octanol–water partition coefficient (Wildman–Crippen LogP) is 1.02. The van der Waals surface area contributed by atoms with Crippen molar-refractivity contribution in [1.29, 1.82) is 0 Å². The van der Waals surface area contributed by atoms with E-state index in [9.17, 15) is 0 Å². The average Bonchev–Trinajstić information content (AvgIpc) is 2.98. The number of hydrogen-bond acceptors (Lipinski definition) is 3. The Morgan fingerprint density at radius 1 is 1.13 bits per heavy atom. The summed E-state index contributed by atoms with van der Waals surface area (Å²) in [4.78, 5) is 0. The van der Waals surface area contributed by atoms with E-state index in [2.05, 4.69) is 5.32 Å². The van der Waals surface area contributed by atoms with E-state index in [4.69, 9.17) is 10.5 Å². The van der Waals surface area contributed by atoms with Crippen LogP contribution in [0, 0.1) is 5.41 Å². The number of hydrogen-bond donors (Lipinski definition) is 2. The Hall–Kier alpha value is -0.120. The molecular formula is C12H22N2O. The smallest absolute Gasteiger partial charge is 0.0599 e. The highest BCUT2D eigenvalue weighted by Crippen LogP contribution is 2.46. The van der Waals surface area contributed by atoms with Crippen LogP contribution in [-0.2, 0) is 4.74 Å². The molecule has 3 rings (SSSR count). The second-order valence-electron chi connectivity index (χ2n) is 5.62. The maximum absolute atomic E-state index is 6.32. The lowest BCUT2D eigenvalue weighted by Gasteiger charge is -2.37. The fraction of sp³-hybridized carbons (Fsp3) is 1.00. The SMILES string of the molecule is N[C@@H]1C[C@H](OC2CC2)CC12CCNCC2. The van der Waals surface area contributed by atoms with E-state index in [1.54, 1.807) is 0 Å². The van der Waals surface area contributed by atoms with Gasteiger partial charge in [-0.1, -0.05) is 0 Å². The van der Waals surface area contributed by atoms with Crippen LogP contribution in [0.1, 0.15) is 38.5 Å². The first-order valence-electron chi connectivity index (χ1n) is 6.40. The zero-order valence-corrected chi connectivity index (χ0v) is 9.37. The van der Waals surface area contributed by atoms with Gasteiger partial charge in [0.05, 0.1) is 12.2 Å². The molecule has 2 saturated carbocycles. The first kappa shape index (κ1) is 10.1.